The molecule has 1 saturated heterocycles. The first-order valence-corrected chi connectivity index (χ1v) is 6.96. The fourth-order valence-electron chi connectivity index (χ4n) is 1.85. The predicted octanol–water partition coefficient (Wildman–Crippen LogP) is 0.417. The van der Waals surface area contributed by atoms with Crippen LogP contribution in [0.1, 0.15) is 11.3 Å². The van der Waals surface area contributed by atoms with Gasteiger partial charge >= 0.3 is 0 Å². The lowest BCUT2D eigenvalue weighted by Gasteiger charge is -2.29. The lowest BCUT2D eigenvalue weighted by atomic mass is 10.2. The summed E-state index contributed by atoms with van der Waals surface area (Å²) in [5, 5.41) is 0. The number of rotatable bonds is 2. The number of pyridine rings is 1. The molecule has 1 aliphatic rings. The van der Waals surface area contributed by atoms with Gasteiger partial charge in [-0.2, -0.15) is 0 Å². The molecule has 1 aromatic heterocycles. The zero-order valence-electron chi connectivity index (χ0n) is 9.48. The summed E-state index contributed by atoms with van der Waals surface area (Å²) < 4.78 is 11.3. The van der Waals surface area contributed by atoms with Crippen molar-refractivity contribution in [3.05, 3.63) is 23.4 Å². The summed E-state index contributed by atoms with van der Waals surface area (Å²) in [6.45, 7) is 4.11. The molecule has 2 rings (SSSR count). The van der Waals surface area contributed by atoms with Crippen molar-refractivity contribution in [2.24, 2.45) is 5.73 Å². The minimum atomic E-state index is -0.649. The molecular formula is C11H17N3OS. The summed E-state index contributed by atoms with van der Waals surface area (Å²) in [5.74, 6) is 2.44. The van der Waals surface area contributed by atoms with Crippen LogP contribution >= 0.6 is 0 Å². The van der Waals surface area contributed by atoms with Crippen LogP contribution in [0.25, 0.3) is 0 Å². The van der Waals surface area contributed by atoms with Crippen molar-refractivity contribution in [3.63, 3.8) is 0 Å². The molecule has 2 heterocycles. The molecule has 0 atom stereocenters. The number of aromatic nitrogens is 1. The molecule has 4 nitrogen and oxygen atoms in total. The Balaban J connectivity index is 2.24. The van der Waals surface area contributed by atoms with E-state index in [2.05, 4.69) is 9.88 Å². The number of anilines is 1. The molecule has 0 saturated carbocycles. The maximum Gasteiger partial charge on any atom is 0.133 e. The minimum absolute atomic E-state index is 0.502. The van der Waals surface area contributed by atoms with Crippen molar-refractivity contribution in [2.75, 3.05) is 29.5 Å². The van der Waals surface area contributed by atoms with E-state index >= 15 is 0 Å². The maximum absolute atomic E-state index is 11.3. The third kappa shape index (κ3) is 2.41. The molecule has 0 radical (unpaired) electrons. The quantitative estimate of drug-likeness (QED) is 0.812. The molecule has 1 aliphatic heterocycles. The van der Waals surface area contributed by atoms with E-state index in [9.17, 15) is 4.21 Å². The van der Waals surface area contributed by atoms with Crippen molar-refractivity contribution in [1.29, 1.82) is 0 Å². The predicted molar refractivity (Wildman–Crippen MR) is 67.0 cm³/mol. The number of hydrogen-bond acceptors (Lipinski definition) is 4. The van der Waals surface area contributed by atoms with Gasteiger partial charge in [0, 0.05) is 53.2 Å². The van der Waals surface area contributed by atoms with Crippen molar-refractivity contribution in [2.45, 2.75) is 13.5 Å². The summed E-state index contributed by atoms with van der Waals surface area (Å²) in [6, 6.07) is 4.01. The monoisotopic (exact) mass is 239 g/mol. The SMILES string of the molecule is Cc1ccc(CN)c(N2CCS(=O)CC2)n1. The van der Waals surface area contributed by atoms with Crippen molar-refractivity contribution in [3.8, 4) is 0 Å². The minimum Gasteiger partial charge on any atom is -0.354 e. The van der Waals surface area contributed by atoms with Gasteiger partial charge < -0.3 is 10.6 Å². The molecule has 88 valence electrons. The second kappa shape index (κ2) is 4.93. The summed E-state index contributed by atoms with van der Waals surface area (Å²) in [7, 11) is -0.649. The van der Waals surface area contributed by atoms with Gasteiger partial charge in [-0.05, 0) is 13.0 Å². The maximum atomic E-state index is 11.3. The molecule has 1 aromatic rings. The third-order valence-electron chi connectivity index (χ3n) is 2.79. The molecule has 0 aromatic carbocycles. The van der Waals surface area contributed by atoms with Crippen LogP contribution in [0.2, 0.25) is 0 Å². The average molecular weight is 239 g/mol. The molecule has 0 aliphatic carbocycles. The topological polar surface area (TPSA) is 59.2 Å². The summed E-state index contributed by atoms with van der Waals surface area (Å²) in [5.41, 5.74) is 7.77. The van der Waals surface area contributed by atoms with Gasteiger partial charge in [-0.25, -0.2) is 4.98 Å². The van der Waals surface area contributed by atoms with Crippen LogP contribution in [0, 0.1) is 6.92 Å². The molecule has 0 amide bonds. The zero-order chi connectivity index (χ0) is 11.5. The molecule has 1 fully saturated rings. The molecule has 2 N–H and O–H groups in total. The molecule has 5 heteroatoms. The Labute approximate surface area is 98.3 Å². The summed E-state index contributed by atoms with van der Waals surface area (Å²) in [6.07, 6.45) is 0. The average Bonchev–Trinajstić information content (AvgIpc) is 2.30. The van der Waals surface area contributed by atoms with Crippen molar-refractivity contribution in [1.82, 2.24) is 4.98 Å². The Hall–Kier alpha value is -0.940. The highest BCUT2D eigenvalue weighted by Crippen LogP contribution is 2.19. The number of aryl methyl sites for hydroxylation is 1. The van der Waals surface area contributed by atoms with Crippen LogP contribution in [0.4, 0.5) is 5.82 Å². The first-order valence-electron chi connectivity index (χ1n) is 5.47. The van der Waals surface area contributed by atoms with Gasteiger partial charge in [0.1, 0.15) is 5.82 Å². The standard InChI is InChI=1S/C11H17N3OS/c1-9-2-3-10(8-12)11(13-9)14-4-6-16(15)7-5-14/h2-3H,4-8,12H2,1H3. The van der Waals surface area contributed by atoms with Crippen LogP contribution < -0.4 is 10.6 Å². The Bertz CT molecular complexity index is 398. The molecule has 0 unspecified atom stereocenters. The lowest BCUT2D eigenvalue weighted by molar-refractivity contribution is 0.672. The van der Waals surface area contributed by atoms with Crippen molar-refractivity contribution >= 4 is 16.6 Å². The molecule has 16 heavy (non-hydrogen) atoms. The Morgan fingerprint density at radius 2 is 2.12 bits per heavy atom. The van der Waals surface area contributed by atoms with Crippen LogP contribution in [0.15, 0.2) is 12.1 Å². The second-order valence-electron chi connectivity index (χ2n) is 3.97. The van der Waals surface area contributed by atoms with E-state index in [1.54, 1.807) is 0 Å². The van der Waals surface area contributed by atoms with Gasteiger partial charge in [0.2, 0.25) is 0 Å². The van der Waals surface area contributed by atoms with E-state index < -0.39 is 10.8 Å². The Morgan fingerprint density at radius 3 is 2.75 bits per heavy atom. The third-order valence-corrected chi connectivity index (χ3v) is 4.07. The van der Waals surface area contributed by atoms with Crippen LogP contribution in [0.3, 0.4) is 0 Å². The fourth-order valence-corrected chi connectivity index (χ4v) is 2.91. The van der Waals surface area contributed by atoms with E-state index in [1.165, 1.54) is 0 Å². The summed E-state index contributed by atoms with van der Waals surface area (Å²) >= 11 is 0. The number of nitrogens with two attached hydrogens (primary N) is 1. The smallest absolute Gasteiger partial charge is 0.133 e. The van der Waals surface area contributed by atoms with Crippen molar-refractivity contribution < 1.29 is 4.21 Å². The summed E-state index contributed by atoms with van der Waals surface area (Å²) in [4.78, 5) is 6.73. The first kappa shape index (κ1) is 11.5. The van der Waals surface area contributed by atoms with Gasteiger partial charge in [-0.1, -0.05) is 6.07 Å². The van der Waals surface area contributed by atoms with Gasteiger partial charge in [-0.3, -0.25) is 4.21 Å². The fraction of sp³-hybridized carbons (Fsp3) is 0.545. The lowest BCUT2D eigenvalue weighted by Crippen LogP contribution is -2.39. The van der Waals surface area contributed by atoms with E-state index in [1.807, 2.05) is 19.1 Å². The number of hydrogen-bond donors (Lipinski definition) is 1. The van der Waals surface area contributed by atoms with Gasteiger partial charge in [0.25, 0.3) is 0 Å². The van der Waals surface area contributed by atoms with Gasteiger partial charge in [0.15, 0.2) is 0 Å². The molecule has 0 spiro atoms. The largest absolute Gasteiger partial charge is 0.354 e. The highest BCUT2D eigenvalue weighted by molar-refractivity contribution is 7.85. The Kier molecular flexibility index (Phi) is 3.56. The van der Waals surface area contributed by atoms with Crippen LogP contribution in [-0.2, 0) is 17.3 Å². The number of nitrogens with zero attached hydrogens (tertiary/aromatic N) is 2. The highest BCUT2D eigenvalue weighted by Gasteiger charge is 2.18. The molecular weight excluding hydrogens is 222 g/mol. The normalized spacial score (nSPS) is 17.8. The second-order valence-corrected chi connectivity index (χ2v) is 5.67. The Morgan fingerprint density at radius 1 is 1.44 bits per heavy atom. The van der Waals surface area contributed by atoms with Gasteiger partial charge in [-0.15, -0.1) is 0 Å². The van der Waals surface area contributed by atoms with E-state index in [-0.39, 0.29) is 0 Å². The highest BCUT2D eigenvalue weighted by atomic mass is 32.2. The van der Waals surface area contributed by atoms with E-state index in [0.717, 1.165) is 41.7 Å². The zero-order valence-corrected chi connectivity index (χ0v) is 10.3. The molecule has 0 bridgehead atoms. The van der Waals surface area contributed by atoms with Gasteiger partial charge in [0.05, 0.1) is 0 Å². The van der Waals surface area contributed by atoms with Crippen LogP contribution in [0.5, 0.6) is 0 Å². The first-order chi connectivity index (χ1) is 7.70. The van der Waals surface area contributed by atoms with Crippen LogP contribution in [-0.4, -0.2) is 33.8 Å². The van der Waals surface area contributed by atoms with E-state index in [4.69, 9.17) is 5.73 Å². The van der Waals surface area contributed by atoms with E-state index in [0.29, 0.717) is 6.54 Å².